The van der Waals surface area contributed by atoms with Gasteiger partial charge in [0.25, 0.3) is 0 Å². The first-order valence-corrected chi connectivity index (χ1v) is 15.0. The Bertz CT molecular complexity index is 2100. The molecule has 0 radical (unpaired) electrons. The summed E-state index contributed by atoms with van der Waals surface area (Å²) in [6.07, 6.45) is -4.76. The van der Waals surface area contributed by atoms with Gasteiger partial charge in [-0.05, 0) is 67.9 Å². The van der Waals surface area contributed by atoms with Crippen molar-refractivity contribution in [3.05, 3.63) is 125 Å². The van der Waals surface area contributed by atoms with Crippen molar-refractivity contribution in [3.8, 4) is 11.1 Å². The monoisotopic (exact) mass is 635 g/mol. The van der Waals surface area contributed by atoms with Crippen molar-refractivity contribution in [1.82, 2.24) is 13.7 Å². The van der Waals surface area contributed by atoms with E-state index in [0.29, 0.717) is 16.6 Å². The number of halogens is 3. The van der Waals surface area contributed by atoms with E-state index >= 15 is 0 Å². The molecule has 0 aliphatic heterocycles. The third-order valence-electron chi connectivity index (χ3n) is 7.91. The number of ketones is 1. The van der Waals surface area contributed by atoms with Crippen LogP contribution in [0.1, 0.15) is 32.6 Å². The Hall–Kier alpha value is -5.26. The van der Waals surface area contributed by atoms with Gasteiger partial charge in [0.1, 0.15) is 11.0 Å². The number of benzene rings is 4. The number of carbonyl (C=O) groups is 1. The van der Waals surface area contributed by atoms with Gasteiger partial charge in [0.05, 0.1) is 23.0 Å². The molecule has 0 bridgehead atoms. The molecule has 11 heteroatoms. The van der Waals surface area contributed by atoms with Crippen LogP contribution in [0, 0.1) is 13.8 Å². The van der Waals surface area contributed by atoms with Crippen molar-refractivity contribution in [2.24, 2.45) is 4.99 Å². The SMILES string of the molecule is Cc1ccc(N(c2ccc(C)cc2)c2ccc(-c3cnc(N=C4c5ccc(C(F)(F)F)cc5C(=O)C4O)c4nsnc34)cc2)cc1. The third kappa shape index (κ3) is 5.23. The van der Waals surface area contributed by atoms with E-state index in [2.05, 4.69) is 86.0 Å². The summed E-state index contributed by atoms with van der Waals surface area (Å²) in [5.41, 5.74) is 6.54. The molecule has 228 valence electrons. The van der Waals surface area contributed by atoms with Crippen LogP contribution in [-0.4, -0.2) is 36.4 Å². The molecule has 0 fully saturated rings. The highest BCUT2D eigenvalue weighted by Gasteiger charge is 2.39. The van der Waals surface area contributed by atoms with Crippen LogP contribution in [0.15, 0.2) is 102 Å². The number of aliphatic imine (C=N–C) groups is 1. The Morgan fingerprint density at radius 2 is 1.33 bits per heavy atom. The van der Waals surface area contributed by atoms with E-state index in [1.165, 1.54) is 11.1 Å². The largest absolute Gasteiger partial charge is 0.416 e. The zero-order valence-corrected chi connectivity index (χ0v) is 25.3. The lowest BCUT2D eigenvalue weighted by molar-refractivity contribution is -0.137. The second kappa shape index (κ2) is 11.3. The van der Waals surface area contributed by atoms with E-state index in [0.717, 1.165) is 52.6 Å². The topological polar surface area (TPSA) is 91.6 Å². The van der Waals surface area contributed by atoms with E-state index in [1.54, 1.807) is 6.20 Å². The van der Waals surface area contributed by atoms with E-state index < -0.39 is 23.6 Å². The summed E-state index contributed by atoms with van der Waals surface area (Å²) in [5, 5.41) is 10.6. The zero-order chi connectivity index (χ0) is 32.2. The number of aliphatic hydroxyl groups excluding tert-OH is 1. The van der Waals surface area contributed by atoms with Crippen LogP contribution in [0.4, 0.5) is 36.1 Å². The molecule has 0 amide bonds. The molecule has 1 aliphatic rings. The van der Waals surface area contributed by atoms with Crippen molar-refractivity contribution in [1.29, 1.82) is 0 Å². The van der Waals surface area contributed by atoms with E-state index in [1.807, 2.05) is 24.3 Å². The summed E-state index contributed by atoms with van der Waals surface area (Å²) in [5.74, 6) is -0.752. The molecule has 46 heavy (non-hydrogen) atoms. The second-order valence-electron chi connectivity index (χ2n) is 11.0. The Labute approximate surface area is 265 Å². The predicted octanol–water partition coefficient (Wildman–Crippen LogP) is 8.54. The predicted molar refractivity (Wildman–Crippen MR) is 173 cm³/mol. The summed E-state index contributed by atoms with van der Waals surface area (Å²) in [7, 11) is 0. The molecule has 1 N–H and O–H groups in total. The highest BCUT2D eigenvalue weighted by Crippen LogP contribution is 2.39. The van der Waals surface area contributed by atoms with Gasteiger partial charge >= 0.3 is 6.18 Å². The van der Waals surface area contributed by atoms with Crippen LogP contribution in [0.25, 0.3) is 22.2 Å². The lowest BCUT2D eigenvalue weighted by Gasteiger charge is -2.26. The first kappa shape index (κ1) is 29.5. The molecular weight excluding hydrogens is 611 g/mol. The van der Waals surface area contributed by atoms with Gasteiger partial charge < -0.3 is 10.0 Å². The van der Waals surface area contributed by atoms with Gasteiger partial charge in [0, 0.05) is 39.9 Å². The summed E-state index contributed by atoms with van der Waals surface area (Å²) in [6.45, 7) is 4.10. The summed E-state index contributed by atoms with van der Waals surface area (Å²) < 4.78 is 48.6. The van der Waals surface area contributed by atoms with Gasteiger partial charge in [-0.1, -0.05) is 53.6 Å². The Kier molecular flexibility index (Phi) is 7.22. The second-order valence-corrected chi connectivity index (χ2v) is 11.6. The van der Waals surface area contributed by atoms with Crippen LogP contribution >= 0.6 is 11.7 Å². The Morgan fingerprint density at radius 1 is 0.761 bits per heavy atom. The minimum absolute atomic E-state index is 0.0834. The van der Waals surface area contributed by atoms with Crippen LogP contribution in [-0.2, 0) is 6.18 Å². The fraction of sp³-hybridized carbons (Fsp3) is 0.114. The molecule has 7 rings (SSSR count). The van der Waals surface area contributed by atoms with Crippen molar-refractivity contribution in [3.63, 3.8) is 0 Å². The maximum atomic E-state index is 13.3. The number of carbonyl (C=O) groups excluding carboxylic acids is 1. The number of hydrogen-bond donors (Lipinski definition) is 1. The first-order valence-electron chi connectivity index (χ1n) is 14.3. The normalized spacial score (nSPS) is 15.5. The molecule has 0 saturated carbocycles. The van der Waals surface area contributed by atoms with Gasteiger partial charge in [-0.15, -0.1) is 0 Å². The summed E-state index contributed by atoms with van der Waals surface area (Å²) in [6, 6.07) is 27.4. The molecule has 2 heterocycles. The lowest BCUT2D eigenvalue weighted by Crippen LogP contribution is -2.21. The Balaban J connectivity index is 1.25. The van der Waals surface area contributed by atoms with Crippen LogP contribution < -0.4 is 4.90 Å². The number of Topliss-reactive ketones (excluding diaryl/α,β-unsaturated/α-hetero) is 1. The maximum absolute atomic E-state index is 13.3. The quantitative estimate of drug-likeness (QED) is 0.204. The van der Waals surface area contributed by atoms with Crippen LogP contribution in [0.3, 0.4) is 0 Å². The number of pyridine rings is 1. The molecule has 7 nitrogen and oxygen atoms in total. The third-order valence-corrected chi connectivity index (χ3v) is 8.44. The summed E-state index contributed by atoms with van der Waals surface area (Å²) >= 11 is 0.958. The van der Waals surface area contributed by atoms with Gasteiger partial charge in [-0.2, -0.15) is 21.9 Å². The number of rotatable bonds is 5. The van der Waals surface area contributed by atoms with E-state index in [-0.39, 0.29) is 22.7 Å². The minimum atomic E-state index is -4.63. The average molecular weight is 636 g/mol. The summed E-state index contributed by atoms with van der Waals surface area (Å²) in [4.78, 5) is 23.7. The van der Waals surface area contributed by atoms with Crippen LogP contribution in [0.2, 0.25) is 0 Å². The molecule has 0 spiro atoms. The van der Waals surface area contributed by atoms with Crippen molar-refractivity contribution >= 4 is 57.1 Å². The highest BCUT2D eigenvalue weighted by molar-refractivity contribution is 7.00. The molecule has 6 aromatic rings. The number of aliphatic hydroxyl groups is 1. The zero-order valence-electron chi connectivity index (χ0n) is 24.4. The molecule has 4 aromatic carbocycles. The van der Waals surface area contributed by atoms with Crippen molar-refractivity contribution in [2.45, 2.75) is 26.1 Å². The van der Waals surface area contributed by atoms with Gasteiger partial charge in [0.15, 0.2) is 17.7 Å². The van der Waals surface area contributed by atoms with Crippen molar-refractivity contribution in [2.75, 3.05) is 4.90 Å². The number of aryl methyl sites for hydroxylation is 2. The fourth-order valence-corrected chi connectivity index (χ4v) is 6.04. The van der Waals surface area contributed by atoms with E-state index in [4.69, 9.17) is 0 Å². The molecule has 0 saturated heterocycles. The maximum Gasteiger partial charge on any atom is 0.416 e. The highest BCUT2D eigenvalue weighted by atomic mass is 32.1. The molecular formula is C35H24F3N5O2S. The van der Waals surface area contributed by atoms with Crippen molar-refractivity contribution < 1.29 is 23.1 Å². The Morgan fingerprint density at radius 3 is 1.91 bits per heavy atom. The fourth-order valence-electron chi connectivity index (χ4n) is 5.48. The number of nitrogens with zero attached hydrogens (tertiary/aromatic N) is 5. The minimum Gasteiger partial charge on any atom is -0.378 e. The smallest absolute Gasteiger partial charge is 0.378 e. The number of alkyl halides is 3. The number of anilines is 3. The number of hydrogen-bond acceptors (Lipinski definition) is 8. The number of fused-ring (bicyclic) bond motifs is 2. The van der Waals surface area contributed by atoms with E-state index in [9.17, 15) is 23.1 Å². The molecule has 1 atom stereocenters. The lowest BCUT2D eigenvalue weighted by atomic mass is 10.0. The average Bonchev–Trinajstić information content (AvgIpc) is 3.63. The first-order chi connectivity index (χ1) is 22.1. The van der Waals surface area contributed by atoms with Gasteiger partial charge in [-0.3, -0.25) is 4.79 Å². The van der Waals surface area contributed by atoms with Crippen LogP contribution in [0.5, 0.6) is 0 Å². The number of aromatic nitrogens is 3. The molecule has 2 aromatic heterocycles. The molecule has 1 unspecified atom stereocenters. The molecule has 1 aliphatic carbocycles. The van der Waals surface area contributed by atoms with Gasteiger partial charge in [-0.25, -0.2) is 9.98 Å². The standard InChI is InChI=1S/C35H24F3N5O2S/c1-19-3-10-23(11-4-19)43(24-12-5-20(2)6-13-24)25-14-7-21(8-15-25)28-18-39-34(31-29(28)41-46-42-31)40-30-26-16-9-22(35(36,37)38)17-27(26)32(44)33(30)45/h3-18,33,45H,1-2H3. The van der Waals surface area contributed by atoms with Gasteiger partial charge in [0.2, 0.25) is 0 Å².